The summed E-state index contributed by atoms with van der Waals surface area (Å²) in [6.45, 7) is 1.98. The van der Waals surface area contributed by atoms with Crippen molar-refractivity contribution in [3.63, 3.8) is 0 Å². The second-order valence-corrected chi connectivity index (χ2v) is 5.96. The maximum absolute atomic E-state index is 12.1. The van der Waals surface area contributed by atoms with E-state index < -0.39 is 5.97 Å². The van der Waals surface area contributed by atoms with E-state index in [-0.39, 0.29) is 23.7 Å². The van der Waals surface area contributed by atoms with E-state index >= 15 is 0 Å². The lowest BCUT2D eigenvalue weighted by Gasteiger charge is -2.13. The minimum absolute atomic E-state index is 0.0426. The standard InChI is InChI=1S/C21H19NO4/c1-14-20(19(21(24)25)16-10-5-6-11-17(16)22-14)26-13-7-12-18(23)15-8-3-2-4-9-15/h2-6,8-11H,7,12-13H2,1H3,(H,24,25). The van der Waals surface area contributed by atoms with Gasteiger partial charge in [-0.25, -0.2) is 9.78 Å². The molecule has 0 atom stereocenters. The van der Waals surface area contributed by atoms with Gasteiger partial charge >= 0.3 is 5.97 Å². The van der Waals surface area contributed by atoms with E-state index in [9.17, 15) is 14.7 Å². The number of aromatic nitrogens is 1. The van der Waals surface area contributed by atoms with Gasteiger partial charge in [0, 0.05) is 17.4 Å². The number of carbonyl (C=O) groups excluding carboxylic acids is 1. The number of aromatic carboxylic acids is 1. The molecule has 26 heavy (non-hydrogen) atoms. The van der Waals surface area contributed by atoms with E-state index in [2.05, 4.69) is 4.98 Å². The first-order valence-electron chi connectivity index (χ1n) is 8.41. The van der Waals surface area contributed by atoms with Gasteiger partial charge in [0.2, 0.25) is 0 Å². The van der Waals surface area contributed by atoms with Crippen LogP contribution < -0.4 is 4.74 Å². The summed E-state index contributed by atoms with van der Waals surface area (Å²) in [4.78, 5) is 28.3. The molecule has 1 N–H and O–H groups in total. The number of carboxylic acids is 1. The number of fused-ring (bicyclic) bond motifs is 1. The Balaban J connectivity index is 1.73. The summed E-state index contributed by atoms with van der Waals surface area (Å²) < 4.78 is 5.73. The van der Waals surface area contributed by atoms with Gasteiger partial charge in [0.1, 0.15) is 5.56 Å². The van der Waals surface area contributed by atoms with Gasteiger partial charge in [-0.05, 0) is 19.4 Å². The molecule has 0 aliphatic rings. The summed E-state index contributed by atoms with van der Waals surface area (Å²) in [7, 11) is 0. The number of pyridine rings is 1. The molecule has 132 valence electrons. The number of ketones is 1. The van der Waals surface area contributed by atoms with Crippen LogP contribution in [0.3, 0.4) is 0 Å². The summed E-state index contributed by atoms with van der Waals surface area (Å²) >= 11 is 0. The summed E-state index contributed by atoms with van der Waals surface area (Å²) in [5.41, 5.74) is 1.93. The van der Waals surface area contributed by atoms with Crippen molar-refractivity contribution in [3.05, 3.63) is 71.4 Å². The Kier molecular flexibility index (Phi) is 5.27. The predicted octanol–water partition coefficient (Wildman–Crippen LogP) is 4.28. The minimum Gasteiger partial charge on any atom is -0.491 e. The number of para-hydroxylation sites is 1. The van der Waals surface area contributed by atoms with Gasteiger partial charge in [0.15, 0.2) is 11.5 Å². The Hall–Kier alpha value is -3.21. The van der Waals surface area contributed by atoms with Crippen molar-refractivity contribution in [2.24, 2.45) is 0 Å². The van der Waals surface area contributed by atoms with Crippen molar-refractivity contribution >= 4 is 22.7 Å². The van der Waals surface area contributed by atoms with Crippen LogP contribution in [0.4, 0.5) is 0 Å². The Morgan fingerprint density at radius 3 is 2.46 bits per heavy atom. The molecule has 0 aliphatic carbocycles. The quantitative estimate of drug-likeness (QED) is 0.509. The van der Waals surface area contributed by atoms with Crippen molar-refractivity contribution in [3.8, 4) is 5.75 Å². The molecule has 2 aromatic carbocycles. The first kappa shape index (κ1) is 17.6. The summed E-state index contributed by atoms with van der Waals surface area (Å²) in [5, 5.41) is 10.2. The molecule has 0 fully saturated rings. The minimum atomic E-state index is -1.05. The van der Waals surface area contributed by atoms with Crippen molar-refractivity contribution in [2.45, 2.75) is 19.8 Å². The number of carboxylic acid groups (broad SMARTS) is 1. The highest BCUT2D eigenvalue weighted by molar-refractivity contribution is 6.05. The number of nitrogens with zero attached hydrogens (tertiary/aromatic N) is 1. The first-order chi connectivity index (χ1) is 12.6. The number of rotatable bonds is 7. The van der Waals surface area contributed by atoms with E-state index in [1.54, 1.807) is 37.3 Å². The van der Waals surface area contributed by atoms with E-state index in [1.165, 1.54) is 0 Å². The van der Waals surface area contributed by atoms with E-state index in [0.29, 0.717) is 35.0 Å². The molecule has 0 bridgehead atoms. The molecule has 3 rings (SSSR count). The highest BCUT2D eigenvalue weighted by Gasteiger charge is 2.19. The summed E-state index contributed by atoms with van der Waals surface area (Å²) in [5.74, 6) is -0.744. The highest BCUT2D eigenvalue weighted by atomic mass is 16.5. The second kappa shape index (κ2) is 7.78. The van der Waals surface area contributed by atoms with Crippen molar-refractivity contribution < 1.29 is 19.4 Å². The fourth-order valence-electron chi connectivity index (χ4n) is 2.88. The summed E-state index contributed by atoms with van der Waals surface area (Å²) in [6.07, 6.45) is 0.839. The van der Waals surface area contributed by atoms with Crippen molar-refractivity contribution in [1.29, 1.82) is 0 Å². The van der Waals surface area contributed by atoms with Gasteiger partial charge in [0.05, 0.1) is 17.8 Å². The first-order valence-corrected chi connectivity index (χ1v) is 8.41. The molecule has 1 heterocycles. The highest BCUT2D eigenvalue weighted by Crippen LogP contribution is 2.30. The average Bonchev–Trinajstić information content (AvgIpc) is 2.65. The van der Waals surface area contributed by atoms with Gasteiger partial charge < -0.3 is 9.84 Å². The van der Waals surface area contributed by atoms with Gasteiger partial charge in [-0.1, -0.05) is 48.5 Å². The fourth-order valence-corrected chi connectivity index (χ4v) is 2.88. The Morgan fingerprint density at radius 1 is 1.04 bits per heavy atom. The lowest BCUT2D eigenvalue weighted by Crippen LogP contribution is -2.09. The van der Waals surface area contributed by atoms with E-state index in [4.69, 9.17) is 4.74 Å². The van der Waals surface area contributed by atoms with Crippen LogP contribution in [0.15, 0.2) is 54.6 Å². The molecule has 0 saturated carbocycles. The molecule has 0 unspecified atom stereocenters. The van der Waals surface area contributed by atoms with E-state index in [1.807, 2.05) is 24.3 Å². The van der Waals surface area contributed by atoms with Gasteiger partial charge in [-0.15, -0.1) is 0 Å². The number of Topliss-reactive ketones (excluding diaryl/α,β-unsaturated/α-hetero) is 1. The van der Waals surface area contributed by atoms with Crippen molar-refractivity contribution in [1.82, 2.24) is 4.98 Å². The van der Waals surface area contributed by atoms with Crippen LogP contribution >= 0.6 is 0 Å². The molecule has 5 nitrogen and oxygen atoms in total. The zero-order chi connectivity index (χ0) is 18.5. The monoisotopic (exact) mass is 349 g/mol. The molecular formula is C21H19NO4. The van der Waals surface area contributed by atoms with Crippen LogP contribution in [0.5, 0.6) is 5.75 Å². The number of hydrogen-bond acceptors (Lipinski definition) is 4. The van der Waals surface area contributed by atoms with E-state index in [0.717, 1.165) is 0 Å². The zero-order valence-electron chi connectivity index (χ0n) is 14.4. The predicted molar refractivity (Wildman–Crippen MR) is 98.9 cm³/mol. The van der Waals surface area contributed by atoms with Crippen LogP contribution in [-0.2, 0) is 0 Å². The zero-order valence-corrected chi connectivity index (χ0v) is 14.4. The van der Waals surface area contributed by atoms with Crippen LogP contribution in [0.1, 0.15) is 39.3 Å². The molecular weight excluding hydrogens is 330 g/mol. The molecule has 0 saturated heterocycles. The van der Waals surface area contributed by atoms with Crippen molar-refractivity contribution in [2.75, 3.05) is 6.61 Å². The van der Waals surface area contributed by atoms with Gasteiger partial charge in [-0.2, -0.15) is 0 Å². The van der Waals surface area contributed by atoms with Gasteiger partial charge in [-0.3, -0.25) is 4.79 Å². The normalized spacial score (nSPS) is 10.7. The topological polar surface area (TPSA) is 76.5 Å². The molecule has 0 amide bonds. The van der Waals surface area contributed by atoms with Crippen LogP contribution in [0.2, 0.25) is 0 Å². The number of hydrogen-bond donors (Lipinski definition) is 1. The fraction of sp³-hybridized carbons (Fsp3) is 0.190. The van der Waals surface area contributed by atoms with Crippen LogP contribution in [0, 0.1) is 6.92 Å². The largest absolute Gasteiger partial charge is 0.491 e. The second-order valence-electron chi connectivity index (χ2n) is 5.96. The third-order valence-corrected chi connectivity index (χ3v) is 4.12. The summed E-state index contributed by atoms with van der Waals surface area (Å²) in [6, 6.07) is 16.2. The maximum atomic E-state index is 12.1. The molecule has 3 aromatic rings. The molecule has 5 heteroatoms. The smallest absolute Gasteiger partial charge is 0.340 e. The van der Waals surface area contributed by atoms with Gasteiger partial charge in [0.25, 0.3) is 0 Å². The number of aryl methyl sites for hydroxylation is 1. The third kappa shape index (κ3) is 3.72. The SMILES string of the molecule is Cc1nc2ccccc2c(C(=O)O)c1OCCCC(=O)c1ccccc1. The number of ether oxygens (including phenoxy) is 1. The van der Waals surface area contributed by atoms with Crippen LogP contribution in [0.25, 0.3) is 10.9 Å². The Labute approximate surface area is 151 Å². The number of carbonyl (C=O) groups is 2. The average molecular weight is 349 g/mol. The molecule has 0 aliphatic heterocycles. The molecule has 1 aromatic heterocycles. The Morgan fingerprint density at radius 2 is 1.73 bits per heavy atom. The maximum Gasteiger partial charge on any atom is 0.340 e. The van der Waals surface area contributed by atoms with Crippen LogP contribution in [-0.4, -0.2) is 28.4 Å². The molecule has 0 radical (unpaired) electrons. The number of benzene rings is 2. The lowest BCUT2D eigenvalue weighted by atomic mass is 10.1. The third-order valence-electron chi connectivity index (χ3n) is 4.12. The Bertz CT molecular complexity index is 951. The lowest BCUT2D eigenvalue weighted by molar-refractivity contribution is 0.0693. The molecule has 0 spiro atoms.